The molecule has 0 aromatic carbocycles. The van der Waals surface area contributed by atoms with E-state index in [-0.39, 0.29) is 11.3 Å². The number of carbonyl (C=O) groups excluding carboxylic acids is 1. The zero-order chi connectivity index (χ0) is 17.2. The maximum absolute atomic E-state index is 12.9. The topological polar surface area (TPSA) is 41.4 Å². The largest absolute Gasteiger partial charge is 0.340 e. The molecule has 1 aromatic heterocycles. The van der Waals surface area contributed by atoms with Crippen LogP contribution in [-0.2, 0) is 11.3 Å². The van der Waals surface area contributed by atoms with Crippen molar-refractivity contribution in [3.63, 3.8) is 0 Å². The molecule has 1 aromatic rings. The Hall–Kier alpha value is -1.50. The van der Waals surface area contributed by atoms with Crippen molar-refractivity contribution in [3.8, 4) is 0 Å². The lowest BCUT2D eigenvalue weighted by Crippen LogP contribution is -2.49. The minimum atomic E-state index is -2.56. The summed E-state index contributed by atoms with van der Waals surface area (Å²) in [5, 5.41) is 0. The predicted molar refractivity (Wildman–Crippen MR) is 86.5 cm³/mol. The van der Waals surface area contributed by atoms with Crippen LogP contribution >= 0.6 is 0 Å². The number of hydrogen-bond donors (Lipinski definition) is 0. The molecule has 2 aliphatic rings. The van der Waals surface area contributed by atoms with E-state index >= 15 is 0 Å². The zero-order valence-corrected chi connectivity index (χ0v) is 14.3. The van der Waals surface area contributed by atoms with E-state index in [0.717, 1.165) is 17.4 Å². The summed E-state index contributed by atoms with van der Waals surface area (Å²) < 4.78 is 26.6. The first-order chi connectivity index (χ1) is 11.5. The van der Waals surface area contributed by atoms with Crippen LogP contribution in [0.3, 0.4) is 0 Å². The number of rotatable bonds is 5. The summed E-state index contributed by atoms with van der Waals surface area (Å²) in [7, 11) is 0. The lowest BCUT2D eigenvalue weighted by Gasteiger charge is -2.36. The second-order valence-electron chi connectivity index (χ2n) is 7.38. The van der Waals surface area contributed by atoms with E-state index in [1.54, 1.807) is 0 Å². The molecule has 1 saturated carbocycles. The summed E-state index contributed by atoms with van der Waals surface area (Å²) in [6, 6.07) is 0. The summed E-state index contributed by atoms with van der Waals surface area (Å²) in [5.74, 6) is 0.622. The highest BCUT2D eigenvalue weighted by molar-refractivity contribution is 5.77. The fourth-order valence-corrected chi connectivity index (χ4v) is 3.88. The van der Waals surface area contributed by atoms with Gasteiger partial charge in [-0.05, 0) is 18.3 Å². The van der Waals surface area contributed by atoms with Crippen LogP contribution in [0.5, 0.6) is 0 Å². The molecular weight excluding hydrogens is 314 g/mol. The van der Waals surface area contributed by atoms with Crippen LogP contribution in [0.25, 0.3) is 0 Å². The summed E-state index contributed by atoms with van der Waals surface area (Å²) >= 11 is 0. The van der Waals surface area contributed by atoms with E-state index in [1.807, 2.05) is 4.90 Å². The molecule has 1 aliphatic heterocycles. The van der Waals surface area contributed by atoms with Crippen molar-refractivity contribution in [3.05, 3.63) is 18.2 Å². The molecule has 3 rings (SSSR count). The van der Waals surface area contributed by atoms with Gasteiger partial charge in [0, 0.05) is 45.0 Å². The van der Waals surface area contributed by atoms with Crippen molar-refractivity contribution in [1.82, 2.24) is 19.4 Å². The van der Waals surface area contributed by atoms with Crippen LogP contribution in [0.2, 0.25) is 0 Å². The monoisotopic (exact) mass is 340 g/mol. The van der Waals surface area contributed by atoms with E-state index in [1.165, 1.54) is 25.2 Å². The number of carbonyl (C=O) groups is 1. The first-order valence-corrected chi connectivity index (χ1v) is 8.77. The fourth-order valence-electron chi connectivity index (χ4n) is 3.88. The van der Waals surface area contributed by atoms with E-state index in [2.05, 4.69) is 16.8 Å². The van der Waals surface area contributed by atoms with Gasteiger partial charge in [-0.15, -0.1) is 0 Å². The number of aromatic nitrogens is 2. The number of alkyl halides is 2. The van der Waals surface area contributed by atoms with E-state index in [9.17, 15) is 13.6 Å². The number of piperazine rings is 1. The summed E-state index contributed by atoms with van der Waals surface area (Å²) in [6.45, 7) is 2.82. The molecule has 24 heavy (non-hydrogen) atoms. The lowest BCUT2D eigenvalue weighted by atomic mass is 9.84. The molecule has 5 nitrogen and oxygen atoms in total. The number of amides is 1. The van der Waals surface area contributed by atoms with Crippen LogP contribution < -0.4 is 0 Å². The molecule has 2 fully saturated rings. The Morgan fingerprint density at radius 2 is 1.92 bits per heavy atom. The zero-order valence-electron chi connectivity index (χ0n) is 14.3. The minimum absolute atomic E-state index is 0.177. The summed E-state index contributed by atoms with van der Waals surface area (Å²) in [5.41, 5.74) is 0.177. The maximum atomic E-state index is 12.9. The highest BCUT2D eigenvalue weighted by Gasteiger charge is 2.33. The van der Waals surface area contributed by atoms with E-state index < -0.39 is 6.55 Å². The van der Waals surface area contributed by atoms with Gasteiger partial charge in [-0.25, -0.2) is 4.98 Å². The first-order valence-electron chi connectivity index (χ1n) is 8.77. The Kier molecular flexibility index (Phi) is 5.18. The molecule has 1 aliphatic carbocycles. The van der Waals surface area contributed by atoms with Gasteiger partial charge in [0.25, 0.3) is 0 Å². The van der Waals surface area contributed by atoms with Crippen LogP contribution in [0, 0.1) is 5.41 Å². The Morgan fingerprint density at radius 1 is 1.25 bits per heavy atom. The van der Waals surface area contributed by atoms with Gasteiger partial charge in [0.2, 0.25) is 5.91 Å². The van der Waals surface area contributed by atoms with Crippen molar-refractivity contribution in [2.24, 2.45) is 5.41 Å². The maximum Gasteiger partial charge on any atom is 0.319 e. The number of hydrogen-bond acceptors (Lipinski definition) is 3. The Bertz CT molecular complexity index is 561. The van der Waals surface area contributed by atoms with Gasteiger partial charge in [0.05, 0.1) is 6.54 Å². The van der Waals surface area contributed by atoms with Crippen LogP contribution in [0.15, 0.2) is 12.4 Å². The molecule has 7 heteroatoms. The standard InChI is InChI=1S/C17H26F2N4O/c1-17(4-2-3-5-17)12-15(24)22-10-8-21(9-11-22)13-14-20-6-7-23(14)16(18)19/h6-7,16H,2-5,8-13H2,1H3. The fraction of sp³-hybridized carbons (Fsp3) is 0.765. The second kappa shape index (κ2) is 7.17. The lowest BCUT2D eigenvalue weighted by molar-refractivity contribution is -0.135. The Morgan fingerprint density at radius 3 is 2.54 bits per heavy atom. The van der Waals surface area contributed by atoms with Gasteiger partial charge >= 0.3 is 6.55 Å². The predicted octanol–water partition coefficient (Wildman–Crippen LogP) is 2.89. The van der Waals surface area contributed by atoms with Crippen LogP contribution in [0.4, 0.5) is 8.78 Å². The molecule has 1 saturated heterocycles. The smallest absolute Gasteiger partial charge is 0.319 e. The number of nitrogens with zero attached hydrogens (tertiary/aromatic N) is 4. The van der Waals surface area contributed by atoms with Crippen molar-refractivity contribution < 1.29 is 13.6 Å². The van der Waals surface area contributed by atoms with Crippen LogP contribution in [-0.4, -0.2) is 51.4 Å². The van der Waals surface area contributed by atoms with Crippen molar-refractivity contribution in [2.45, 2.75) is 52.1 Å². The van der Waals surface area contributed by atoms with Gasteiger partial charge in [0.15, 0.2) is 0 Å². The summed E-state index contributed by atoms with van der Waals surface area (Å²) in [4.78, 5) is 20.6. The number of halogens is 2. The SMILES string of the molecule is CC1(CC(=O)N2CCN(Cc3nccn3C(F)F)CC2)CCCC1. The van der Waals surface area contributed by atoms with Gasteiger partial charge in [-0.3, -0.25) is 14.3 Å². The second-order valence-corrected chi connectivity index (χ2v) is 7.38. The molecule has 134 valence electrons. The third-order valence-electron chi connectivity index (χ3n) is 5.44. The van der Waals surface area contributed by atoms with Gasteiger partial charge in [0.1, 0.15) is 5.82 Å². The third-order valence-corrected chi connectivity index (χ3v) is 5.44. The van der Waals surface area contributed by atoms with Crippen molar-refractivity contribution in [2.75, 3.05) is 26.2 Å². The minimum Gasteiger partial charge on any atom is -0.340 e. The normalized spacial score (nSPS) is 21.6. The van der Waals surface area contributed by atoms with E-state index in [4.69, 9.17) is 0 Å². The van der Waals surface area contributed by atoms with Gasteiger partial charge < -0.3 is 4.90 Å². The molecule has 2 heterocycles. The highest BCUT2D eigenvalue weighted by atomic mass is 19.3. The van der Waals surface area contributed by atoms with E-state index in [0.29, 0.717) is 45.0 Å². The Labute approximate surface area is 141 Å². The first kappa shape index (κ1) is 17.3. The van der Waals surface area contributed by atoms with Gasteiger partial charge in [-0.1, -0.05) is 19.8 Å². The molecule has 1 amide bonds. The number of imidazole rings is 1. The molecule has 0 spiro atoms. The summed E-state index contributed by atoms with van der Waals surface area (Å²) in [6.07, 6.45) is 8.11. The van der Waals surface area contributed by atoms with Crippen LogP contribution in [0.1, 0.15) is 51.4 Å². The molecule has 0 unspecified atom stereocenters. The molecule has 0 bridgehead atoms. The third kappa shape index (κ3) is 3.94. The average Bonchev–Trinajstić information content (AvgIpc) is 3.17. The van der Waals surface area contributed by atoms with Gasteiger partial charge in [-0.2, -0.15) is 8.78 Å². The molecule has 0 radical (unpaired) electrons. The molecular formula is C17H26F2N4O. The van der Waals surface area contributed by atoms with Crippen molar-refractivity contribution in [1.29, 1.82) is 0 Å². The average molecular weight is 340 g/mol. The quantitative estimate of drug-likeness (QED) is 0.828. The Balaban J connectivity index is 1.48. The highest BCUT2D eigenvalue weighted by Crippen LogP contribution is 2.40. The van der Waals surface area contributed by atoms with Crippen molar-refractivity contribution >= 4 is 5.91 Å². The molecule has 0 atom stereocenters. The molecule has 0 N–H and O–H groups in total.